The topological polar surface area (TPSA) is 87.2 Å². The average Bonchev–Trinajstić information content (AvgIpc) is 2.90. The van der Waals surface area contributed by atoms with Gasteiger partial charge in [-0.2, -0.15) is 0 Å². The van der Waals surface area contributed by atoms with Gasteiger partial charge >= 0.3 is 5.97 Å². The highest BCUT2D eigenvalue weighted by atomic mass is 35.5. The van der Waals surface area contributed by atoms with Crippen molar-refractivity contribution in [3.8, 4) is 0 Å². The predicted molar refractivity (Wildman–Crippen MR) is 159 cm³/mol. The minimum atomic E-state index is -1.55. The fourth-order valence-corrected chi connectivity index (χ4v) is 5.54. The van der Waals surface area contributed by atoms with Crippen molar-refractivity contribution in [1.82, 2.24) is 4.90 Å². The van der Waals surface area contributed by atoms with E-state index in [0.717, 1.165) is 0 Å². The standard InChI is InChI=1S/C31H40Cl2N2O5/c1-6-40-29(38)21-15-17-34(18-16-21)27(36)13-14-28(37)35(20-30(2,3)4)26-12-11-22(32)19-24(26)31(5,39)23-9-7-8-10-25(23)33/h7-12,19,21,39H,6,13-18,20H2,1-5H3. The fourth-order valence-electron chi connectivity index (χ4n) is 5.05. The summed E-state index contributed by atoms with van der Waals surface area (Å²) in [6, 6.07) is 12.1. The maximum Gasteiger partial charge on any atom is 0.309 e. The van der Waals surface area contributed by atoms with Gasteiger partial charge in [-0.15, -0.1) is 0 Å². The van der Waals surface area contributed by atoms with Gasteiger partial charge in [0.2, 0.25) is 11.8 Å². The van der Waals surface area contributed by atoms with Crippen molar-refractivity contribution in [2.24, 2.45) is 11.3 Å². The zero-order chi connectivity index (χ0) is 29.7. The van der Waals surface area contributed by atoms with Crippen molar-refractivity contribution in [1.29, 1.82) is 0 Å². The molecule has 2 amide bonds. The summed E-state index contributed by atoms with van der Waals surface area (Å²) in [4.78, 5) is 42.1. The molecular formula is C31H40Cl2N2O5. The first-order valence-corrected chi connectivity index (χ1v) is 14.5. The molecule has 2 aromatic rings. The van der Waals surface area contributed by atoms with E-state index in [-0.39, 0.29) is 42.0 Å². The molecule has 1 unspecified atom stereocenters. The van der Waals surface area contributed by atoms with E-state index in [1.807, 2.05) is 20.8 Å². The number of carbonyl (C=O) groups is 3. The van der Waals surface area contributed by atoms with Crippen molar-refractivity contribution in [2.45, 2.75) is 65.9 Å². The van der Waals surface area contributed by atoms with Crippen LogP contribution in [0.3, 0.4) is 0 Å². The van der Waals surface area contributed by atoms with Gasteiger partial charge in [0, 0.05) is 53.6 Å². The number of anilines is 1. The van der Waals surface area contributed by atoms with Crippen LogP contribution in [0.15, 0.2) is 42.5 Å². The number of nitrogens with zero attached hydrogens (tertiary/aromatic N) is 2. The van der Waals surface area contributed by atoms with Gasteiger partial charge in [-0.25, -0.2) is 0 Å². The first-order valence-electron chi connectivity index (χ1n) is 13.8. The summed E-state index contributed by atoms with van der Waals surface area (Å²) in [5.41, 5.74) is -0.379. The maximum atomic E-state index is 13.7. The number of piperidine rings is 1. The summed E-state index contributed by atoms with van der Waals surface area (Å²) in [5.74, 6) is -0.759. The number of hydrogen-bond donors (Lipinski definition) is 1. The van der Waals surface area contributed by atoms with Crippen molar-refractivity contribution in [3.05, 3.63) is 63.6 Å². The molecule has 40 heavy (non-hydrogen) atoms. The molecule has 2 aromatic carbocycles. The zero-order valence-corrected chi connectivity index (χ0v) is 25.5. The van der Waals surface area contributed by atoms with Crippen LogP contribution in [0.25, 0.3) is 0 Å². The van der Waals surface area contributed by atoms with Crippen molar-refractivity contribution in [3.63, 3.8) is 0 Å². The number of hydrogen-bond acceptors (Lipinski definition) is 5. The quantitative estimate of drug-likeness (QED) is 0.351. The van der Waals surface area contributed by atoms with E-state index in [9.17, 15) is 19.5 Å². The number of amides is 2. The van der Waals surface area contributed by atoms with Crippen LogP contribution in [0.2, 0.25) is 10.0 Å². The minimum Gasteiger partial charge on any atom is -0.466 e. The third kappa shape index (κ3) is 7.99. The molecule has 7 nitrogen and oxygen atoms in total. The smallest absolute Gasteiger partial charge is 0.309 e. The summed E-state index contributed by atoms with van der Waals surface area (Å²) in [5, 5.41) is 12.6. The monoisotopic (exact) mass is 590 g/mol. The summed E-state index contributed by atoms with van der Waals surface area (Å²) in [7, 11) is 0. The average molecular weight is 592 g/mol. The molecule has 3 rings (SSSR count). The molecule has 0 saturated carbocycles. The number of benzene rings is 2. The van der Waals surface area contributed by atoms with Crippen LogP contribution in [-0.2, 0) is 24.7 Å². The van der Waals surface area contributed by atoms with E-state index in [2.05, 4.69) is 0 Å². The number of likely N-dealkylation sites (tertiary alicyclic amines) is 1. The second-order valence-electron chi connectivity index (χ2n) is 11.7. The first kappa shape index (κ1) is 31.9. The Kier molecular flexibility index (Phi) is 10.7. The Bertz CT molecular complexity index is 1220. The van der Waals surface area contributed by atoms with Gasteiger partial charge in [0.25, 0.3) is 0 Å². The van der Waals surface area contributed by atoms with Gasteiger partial charge in [0.15, 0.2) is 0 Å². The van der Waals surface area contributed by atoms with E-state index in [1.54, 1.807) is 66.1 Å². The van der Waals surface area contributed by atoms with Crippen LogP contribution < -0.4 is 4.90 Å². The first-order chi connectivity index (χ1) is 18.7. The predicted octanol–water partition coefficient (Wildman–Crippen LogP) is 6.21. The van der Waals surface area contributed by atoms with Gasteiger partial charge in [-0.3, -0.25) is 14.4 Å². The minimum absolute atomic E-state index is 0.00300. The molecule has 218 valence electrons. The Morgan fingerprint density at radius 3 is 2.25 bits per heavy atom. The van der Waals surface area contributed by atoms with E-state index in [1.165, 1.54) is 0 Å². The summed E-state index contributed by atoms with van der Waals surface area (Å²) in [6.07, 6.45) is 1.16. The van der Waals surface area contributed by atoms with Gasteiger partial charge in [-0.1, -0.05) is 62.2 Å². The molecule has 0 aromatic heterocycles. The van der Waals surface area contributed by atoms with Gasteiger partial charge < -0.3 is 19.6 Å². The third-order valence-corrected chi connectivity index (χ3v) is 7.69. The number of rotatable bonds is 9. The SMILES string of the molecule is CCOC(=O)C1CCN(C(=O)CCC(=O)N(CC(C)(C)C)c2ccc(Cl)cc2C(C)(O)c2ccccc2Cl)CC1. The largest absolute Gasteiger partial charge is 0.466 e. The van der Waals surface area contributed by atoms with Crippen LogP contribution in [-0.4, -0.2) is 54.0 Å². The van der Waals surface area contributed by atoms with Crippen LogP contribution in [0.1, 0.15) is 71.4 Å². The van der Waals surface area contributed by atoms with Crippen LogP contribution in [0.4, 0.5) is 5.69 Å². The number of carbonyl (C=O) groups excluding carboxylic acids is 3. The van der Waals surface area contributed by atoms with Crippen LogP contribution >= 0.6 is 23.2 Å². The molecule has 0 bridgehead atoms. The Morgan fingerprint density at radius 2 is 1.65 bits per heavy atom. The highest BCUT2D eigenvalue weighted by Crippen LogP contribution is 2.41. The molecule has 1 fully saturated rings. The molecule has 0 radical (unpaired) electrons. The van der Waals surface area contributed by atoms with E-state index in [0.29, 0.717) is 65.9 Å². The number of esters is 1. The number of halogens is 2. The zero-order valence-electron chi connectivity index (χ0n) is 24.0. The molecule has 0 aliphatic carbocycles. The van der Waals surface area contributed by atoms with Crippen LogP contribution in [0.5, 0.6) is 0 Å². The van der Waals surface area contributed by atoms with Crippen LogP contribution in [0, 0.1) is 11.3 Å². The van der Waals surface area contributed by atoms with Gasteiger partial charge in [-0.05, 0) is 56.4 Å². The van der Waals surface area contributed by atoms with Crippen molar-refractivity contribution in [2.75, 3.05) is 31.1 Å². The molecule has 1 atom stereocenters. The highest BCUT2D eigenvalue weighted by Gasteiger charge is 2.35. The molecule has 0 spiro atoms. The molecule has 1 saturated heterocycles. The lowest BCUT2D eigenvalue weighted by Gasteiger charge is -2.36. The van der Waals surface area contributed by atoms with Gasteiger partial charge in [0.1, 0.15) is 5.60 Å². The Labute approximate surface area is 247 Å². The fraction of sp³-hybridized carbons (Fsp3) is 0.516. The summed E-state index contributed by atoms with van der Waals surface area (Å²) < 4.78 is 5.11. The molecular weight excluding hydrogens is 551 g/mol. The molecule has 1 N–H and O–H groups in total. The summed E-state index contributed by atoms with van der Waals surface area (Å²) >= 11 is 12.8. The van der Waals surface area contributed by atoms with Crippen molar-refractivity contribution < 1.29 is 24.2 Å². The second kappa shape index (κ2) is 13.4. The van der Waals surface area contributed by atoms with E-state index < -0.39 is 5.60 Å². The Hall–Kier alpha value is -2.61. The number of ether oxygens (including phenoxy) is 1. The molecule has 9 heteroatoms. The maximum absolute atomic E-state index is 13.7. The van der Waals surface area contributed by atoms with Gasteiger partial charge in [0.05, 0.1) is 18.2 Å². The summed E-state index contributed by atoms with van der Waals surface area (Å²) in [6.45, 7) is 11.1. The molecule has 1 aliphatic heterocycles. The third-order valence-electron chi connectivity index (χ3n) is 7.13. The Morgan fingerprint density at radius 1 is 1.00 bits per heavy atom. The Balaban J connectivity index is 1.82. The normalized spacial score (nSPS) is 15.8. The van der Waals surface area contributed by atoms with E-state index >= 15 is 0 Å². The number of aliphatic hydroxyl groups is 1. The molecule has 1 aliphatic rings. The lowest BCUT2D eigenvalue weighted by molar-refractivity contribution is -0.151. The van der Waals surface area contributed by atoms with E-state index in [4.69, 9.17) is 27.9 Å². The lowest BCUT2D eigenvalue weighted by atomic mass is 9.86. The van der Waals surface area contributed by atoms with Crippen molar-refractivity contribution >= 4 is 46.7 Å². The highest BCUT2D eigenvalue weighted by molar-refractivity contribution is 6.31. The second-order valence-corrected chi connectivity index (χ2v) is 12.5. The molecule has 1 heterocycles. The lowest BCUT2D eigenvalue weighted by Crippen LogP contribution is -2.42.